The van der Waals surface area contributed by atoms with E-state index in [9.17, 15) is 0 Å². The lowest BCUT2D eigenvalue weighted by Gasteiger charge is -2.07. The number of nitrogens with one attached hydrogen (secondary N) is 2. The van der Waals surface area contributed by atoms with Crippen molar-refractivity contribution in [2.24, 2.45) is 0 Å². The molecule has 22 heavy (non-hydrogen) atoms. The fourth-order valence-electron chi connectivity index (χ4n) is 1.97. The molecule has 0 unspecified atom stereocenters. The molecule has 0 aliphatic carbocycles. The number of imidazole rings is 1. The van der Waals surface area contributed by atoms with Gasteiger partial charge in [-0.15, -0.1) is 10.2 Å². The lowest BCUT2D eigenvalue weighted by molar-refractivity contribution is 0.881. The standard InChI is InChI=1S/C14H12N8/c1-10-16-5-6-22(10)13-4-2-3-12(7-13)17-9-11(8-15)14-18-20-21-19-14/h2-7,9,17H,1H3,(H,18,19,20,21). The summed E-state index contributed by atoms with van der Waals surface area (Å²) in [5.74, 6) is 1.15. The van der Waals surface area contributed by atoms with Crippen LogP contribution in [0.4, 0.5) is 5.69 Å². The van der Waals surface area contributed by atoms with E-state index in [2.05, 4.69) is 30.9 Å². The molecule has 0 saturated heterocycles. The molecule has 2 aromatic heterocycles. The molecular formula is C14H12N8. The van der Waals surface area contributed by atoms with Crippen LogP contribution in [0.25, 0.3) is 11.3 Å². The number of anilines is 1. The van der Waals surface area contributed by atoms with Crippen molar-refractivity contribution in [3.8, 4) is 11.8 Å². The average Bonchev–Trinajstić information content (AvgIpc) is 3.20. The lowest BCUT2D eigenvalue weighted by atomic mass is 10.2. The molecule has 0 amide bonds. The zero-order valence-corrected chi connectivity index (χ0v) is 11.7. The SMILES string of the molecule is Cc1nccn1-c1cccc(NC=C(C#N)c2nn[nH]n2)c1. The van der Waals surface area contributed by atoms with E-state index in [1.165, 1.54) is 0 Å². The van der Waals surface area contributed by atoms with E-state index in [4.69, 9.17) is 5.26 Å². The van der Waals surface area contributed by atoms with Gasteiger partial charge in [0.25, 0.3) is 0 Å². The highest BCUT2D eigenvalue weighted by Gasteiger charge is 2.06. The number of allylic oxidation sites excluding steroid dienone is 1. The highest BCUT2D eigenvalue weighted by atomic mass is 15.5. The predicted octanol–water partition coefficient (Wildman–Crippen LogP) is 1.67. The third-order valence-corrected chi connectivity index (χ3v) is 3.04. The number of aromatic amines is 1. The number of benzene rings is 1. The Morgan fingerprint density at radius 3 is 3.05 bits per heavy atom. The number of tetrazole rings is 1. The van der Waals surface area contributed by atoms with Gasteiger partial charge in [-0.25, -0.2) is 4.98 Å². The number of aromatic nitrogens is 6. The first-order valence-electron chi connectivity index (χ1n) is 6.49. The van der Waals surface area contributed by atoms with Crippen LogP contribution in [-0.4, -0.2) is 30.2 Å². The van der Waals surface area contributed by atoms with Gasteiger partial charge < -0.3 is 9.88 Å². The van der Waals surface area contributed by atoms with Crippen molar-refractivity contribution >= 4 is 11.3 Å². The highest BCUT2D eigenvalue weighted by molar-refractivity contribution is 5.74. The molecule has 8 heteroatoms. The smallest absolute Gasteiger partial charge is 0.216 e. The summed E-state index contributed by atoms with van der Waals surface area (Å²) in [5, 5.41) is 25.5. The minimum Gasteiger partial charge on any atom is -0.360 e. The van der Waals surface area contributed by atoms with Crippen LogP contribution in [0.1, 0.15) is 11.6 Å². The van der Waals surface area contributed by atoms with Crippen molar-refractivity contribution in [2.75, 3.05) is 5.32 Å². The number of H-pyrrole nitrogens is 1. The van der Waals surface area contributed by atoms with Gasteiger partial charge in [0.05, 0.1) is 0 Å². The van der Waals surface area contributed by atoms with Crippen LogP contribution >= 0.6 is 0 Å². The van der Waals surface area contributed by atoms with Crippen LogP contribution in [-0.2, 0) is 0 Å². The summed E-state index contributed by atoms with van der Waals surface area (Å²) in [5.41, 5.74) is 2.10. The van der Waals surface area contributed by atoms with Crippen molar-refractivity contribution in [1.29, 1.82) is 5.26 Å². The Morgan fingerprint density at radius 2 is 2.36 bits per heavy atom. The Kier molecular flexibility index (Phi) is 3.61. The fourth-order valence-corrected chi connectivity index (χ4v) is 1.97. The number of aryl methyl sites for hydroxylation is 1. The van der Waals surface area contributed by atoms with E-state index < -0.39 is 0 Å². The Balaban J connectivity index is 1.85. The number of nitrogens with zero attached hydrogens (tertiary/aromatic N) is 6. The fraction of sp³-hybridized carbons (Fsp3) is 0.0714. The monoisotopic (exact) mass is 292 g/mol. The first-order chi connectivity index (χ1) is 10.8. The maximum Gasteiger partial charge on any atom is 0.216 e. The molecule has 108 valence electrons. The van der Waals surface area contributed by atoms with Crippen LogP contribution in [0, 0.1) is 18.3 Å². The minimum atomic E-state index is 0.247. The van der Waals surface area contributed by atoms with Crippen molar-refractivity contribution in [1.82, 2.24) is 30.2 Å². The first kappa shape index (κ1) is 13.5. The third-order valence-electron chi connectivity index (χ3n) is 3.04. The van der Waals surface area contributed by atoms with Crippen LogP contribution in [0.5, 0.6) is 0 Å². The second-order valence-electron chi connectivity index (χ2n) is 4.44. The Bertz CT molecular complexity index is 838. The van der Waals surface area contributed by atoms with Gasteiger partial charge in [-0.1, -0.05) is 6.07 Å². The summed E-state index contributed by atoms with van der Waals surface area (Å²) in [6.07, 6.45) is 5.19. The predicted molar refractivity (Wildman–Crippen MR) is 79.7 cm³/mol. The molecule has 0 spiro atoms. The van der Waals surface area contributed by atoms with Crippen LogP contribution in [0.2, 0.25) is 0 Å². The van der Waals surface area contributed by atoms with E-state index in [-0.39, 0.29) is 11.4 Å². The van der Waals surface area contributed by atoms with Crippen LogP contribution < -0.4 is 5.32 Å². The van der Waals surface area contributed by atoms with Crippen molar-refractivity contribution < 1.29 is 0 Å². The third kappa shape index (κ3) is 2.69. The topological polar surface area (TPSA) is 108 Å². The van der Waals surface area contributed by atoms with E-state index in [0.29, 0.717) is 0 Å². The first-order valence-corrected chi connectivity index (χ1v) is 6.49. The quantitative estimate of drug-likeness (QED) is 0.708. The molecule has 3 rings (SSSR count). The Hall–Kier alpha value is -3.47. The summed E-state index contributed by atoms with van der Waals surface area (Å²) in [4.78, 5) is 4.20. The summed E-state index contributed by atoms with van der Waals surface area (Å²) in [7, 11) is 0. The molecule has 0 aliphatic heterocycles. The second-order valence-corrected chi connectivity index (χ2v) is 4.44. The molecule has 1 aromatic carbocycles. The number of hydrogen-bond donors (Lipinski definition) is 2. The van der Waals surface area contributed by atoms with E-state index in [0.717, 1.165) is 17.2 Å². The largest absolute Gasteiger partial charge is 0.360 e. The van der Waals surface area contributed by atoms with Crippen molar-refractivity contribution in [3.63, 3.8) is 0 Å². The minimum absolute atomic E-state index is 0.247. The van der Waals surface area contributed by atoms with E-state index in [1.54, 1.807) is 12.4 Å². The van der Waals surface area contributed by atoms with Crippen molar-refractivity contribution in [2.45, 2.75) is 6.92 Å². The average molecular weight is 292 g/mol. The van der Waals surface area contributed by atoms with Crippen molar-refractivity contribution in [3.05, 3.63) is 54.5 Å². The van der Waals surface area contributed by atoms with Gasteiger partial charge in [-0.3, -0.25) is 0 Å². The van der Waals surface area contributed by atoms with Gasteiger partial charge in [0.15, 0.2) is 0 Å². The molecule has 0 aliphatic rings. The number of rotatable bonds is 4. The van der Waals surface area contributed by atoms with Crippen LogP contribution in [0.15, 0.2) is 42.9 Å². The zero-order chi connectivity index (χ0) is 15.4. The van der Waals surface area contributed by atoms with Gasteiger partial charge in [0, 0.05) is 30.0 Å². The number of nitriles is 1. The summed E-state index contributed by atoms with van der Waals surface area (Å²) >= 11 is 0. The molecule has 0 saturated carbocycles. The maximum atomic E-state index is 9.12. The lowest BCUT2D eigenvalue weighted by Crippen LogP contribution is -1.97. The maximum absolute atomic E-state index is 9.12. The molecule has 8 nitrogen and oxygen atoms in total. The van der Waals surface area contributed by atoms with E-state index in [1.807, 2.05) is 48.0 Å². The van der Waals surface area contributed by atoms with E-state index >= 15 is 0 Å². The van der Waals surface area contributed by atoms with Gasteiger partial charge in [0.1, 0.15) is 17.5 Å². The van der Waals surface area contributed by atoms with Gasteiger partial charge in [-0.2, -0.15) is 10.5 Å². The zero-order valence-electron chi connectivity index (χ0n) is 11.7. The second kappa shape index (κ2) is 5.88. The summed E-state index contributed by atoms with van der Waals surface area (Å²) in [6, 6.07) is 9.78. The molecule has 0 fully saturated rings. The summed E-state index contributed by atoms with van der Waals surface area (Å²) < 4.78 is 1.97. The molecule has 0 atom stereocenters. The Labute approximate surface area is 126 Å². The molecular weight excluding hydrogens is 280 g/mol. The molecule has 2 N–H and O–H groups in total. The van der Waals surface area contributed by atoms with Gasteiger partial charge in [0.2, 0.25) is 5.82 Å². The normalized spacial score (nSPS) is 11.2. The Morgan fingerprint density at radius 1 is 1.45 bits per heavy atom. The van der Waals surface area contributed by atoms with Crippen LogP contribution in [0.3, 0.4) is 0 Å². The molecule has 2 heterocycles. The molecule has 0 bridgehead atoms. The summed E-state index contributed by atoms with van der Waals surface area (Å²) in [6.45, 7) is 1.93. The van der Waals surface area contributed by atoms with Gasteiger partial charge >= 0.3 is 0 Å². The molecule has 3 aromatic rings. The molecule has 0 radical (unpaired) electrons. The highest BCUT2D eigenvalue weighted by Crippen LogP contribution is 2.17. The number of hydrogen-bond acceptors (Lipinski definition) is 6. The van der Waals surface area contributed by atoms with Gasteiger partial charge in [-0.05, 0) is 30.3 Å².